The maximum atomic E-state index is 12.1. The number of nitrogens with zero attached hydrogens (tertiary/aromatic N) is 3. The molecule has 0 bridgehead atoms. The molecule has 2 N–H and O–H groups in total. The number of carbonyl (C=O) groups excluding carboxylic acids is 2. The van der Waals surface area contributed by atoms with E-state index in [4.69, 9.17) is 0 Å². The molecule has 0 saturated heterocycles. The SMILES string of the molecule is CC(NC(=O)C(C)(C)C)C(=O)NCCc1nnc2n1CCCCC2. The average Bonchev–Trinajstić information content (AvgIpc) is 2.74. The minimum absolute atomic E-state index is 0.132. The quantitative estimate of drug-likeness (QED) is 0.846. The van der Waals surface area contributed by atoms with Gasteiger partial charge in [0.05, 0.1) is 0 Å². The second-order valence-electron chi connectivity index (χ2n) is 7.48. The Hall–Kier alpha value is -1.92. The van der Waals surface area contributed by atoms with Crippen LogP contribution in [-0.4, -0.2) is 39.2 Å². The van der Waals surface area contributed by atoms with Crippen LogP contribution in [0.2, 0.25) is 0 Å². The summed E-state index contributed by atoms with van der Waals surface area (Å²) in [7, 11) is 0. The highest BCUT2D eigenvalue weighted by Crippen LogP contribution is 2.14. The summed E-state index contributed by atoms with van der Waals surface area (Å²) in [6, 6.07) is -0.549. The maximum absolute atomic E-state index is 12.1. The van der Waals surface area contributed by atoms with E-state index in [0.29, 0.717) is 13.0 Å². The van der Waals surface area contributed by atoms with Gasteiger partial charge in [-0.25, -0.2) is 0 Å². The van der Waals surface area contributed by atoms with E-state index in [1.807, 2.05) is 20.8 Å². The molecule has 2 heterocycles. The molecule has 2 rings (SSSR count). The van der Waals surface area contributed by atoms with Crippen molar-refractivity contribution in [2.45, 2.75) is 72.4 Å². The maximum Gasteiger partial charge on any atom is 0.242 e. The van der Waals surface area contributed by atoms with E-state index >= 15 is 0 Å². The van der Waals surface area contributed by atoms with Crippen LogP contribution in [0.1, 0.15) is 58.6 Å². The first-order valence-electron chi connectivity index (χ1n) is 8.78. The third kappa shape index (κ3) is 4.79. The van der Waals surface area contributed by atoms with Crippen molar-refractivity contribution in [2.24, 2.45) is 5.41 Å². The number of carbonyl (C=O) groups is 2. The van der Waals surface area contributed by atoms with Gasteiger partial charge in [-0.2, -0.15) is 0 Å². The first kappa shape index (κ1) is 18.4. The molecule has 7 heteroatoms. The van der Waals surface area contributed by atoms with Gasteiger partial charge in [0.2, 0.25) is 11.8 Å². The highest BCUT2D eigenvalue weighted by molar-refractivity contribution is 5.89. The fourth-order valence-electron chi connectivity index (χ4n) is 2.66. The average molecular weight is 335 g/mol. The van der Waals surface area contributed by atoms with Crippen molar-refractivity contribution in [1.82, 2.24) is 25.4 Å². The van der Waals surface area contributed by atoms with Gasteiger partial charge in [0.15, 0.2) is 0 Å². The summed E-state index contributed by atoms with van der Waals surface area (Å²) in [6.07, 6.45) is 5.18. The third-order valence-electron chi connectivity index (χ3n) is 4.26. The van der Waals surface area contributed by atoms with Crippen molar-refractivity contribution in [2.75, 3.05) is 6.54 Å². The zero-order valence-corrected chi connectivity index (χ0v) is 15.2. The molecule has 0 fully saturated rings. The smallest absolute Gasteiger partial charge is 0.242 e. The predicted molar refractivity (Wildman–Crippen MR) is 91.4 cm³/mol. The molecule has 0 aromatic carbocycles. The molecule has 1 aliphatic heterocycles. The van der Waals surface area contributed by atoms with Crippen molar-refractivity contribution >= 4 is 11.8 Å². The van der Waals surface area contributed by atoms with E-state index in [0.717, 1.165) is 31.0 Å². The van der Waals surface area contributed by atoms with E-state index in [2.05, 4.69) is 25.4 Å². The number of aromatic nitrogens is 3. The van der Waals surface area contributed by atoms with Crippen molar-refractivity contribution in [3.05, 3.63) is 11.6 Å². The summed E-state index contributed by atoms with van der Waals surface area (Å²) in [5.74, 6) is 1.68. The van der Waals surface area contributed by atoms with Gasteiger partial charge < -0.3 is 15.2 Å². The lowest BCUT2D eigenvalue weighted by Gasteiger charge is -2.21. The van der Waals surface area contributed by atoms with Gasteiger partial charge in [0, 0.05) is 31.3 Å². The van der Waals surface area contributed by atoms with Crippen LogP contribution in [0.4, 0.5) is 0 Å². The highest BCUT2D eigenvalue weighted by Gasteiger charge is 2.25. The molecule has 1 atom stereocenters. The lowest BCUT2D eigenvalue weighted by atomic mass is 9.95. The van der Waals surface area contributed by atoms with Gasteiger partial charge in [-0.05, 0) is 19.8 Å². The number of nitrogens with one attached hydrogen (secondary N) is 2. The minimum atomic E-state index is -0.549. The molecule has 1 aromatic rings. The molecular weight excluding hydrogens is 306 g/mol. The van der Waals surface area contributed by atoms with Crippen molar-refractivity contribution < 1.29 is 9.59 Å². The first-order chi connectivity index (χ1) is 11.3. The lowest BCUT2D eigenvalue weighted by Crippen LogP contribution is -2.48. The van der Waals surface area contributed by atoms with Crippen LogP contribution in [0, 0.1) is 5.41 Å². The van der Waals surface area contributed by atoms with Crippen LogP contribution in [0.3, 0.4) is 0 Å². The number of fused-ring (bicyclic) bond motifs is 1. The first-order valence-corrected chi connectivity index (χ1v) is 8.78. The van der Waals surface area contributed by atoms with Gasteiger partial charge in [0.25, 0.3) is 0 Å². The zero-order chi connectivity index (χ0) is 17.7. The Morgan fingerprint density at radius 3 is 2.67 bits per heavy atom. The van der Waals surface area contributed by atoms with Crippen LogP contribution in [-0.2, 0) is 29.0 Å². The Labute approximate surface area is 143 Å². The Morgan fingerprint density at radius 1 is 1.21 bits per heavy atom. The molecule has 1 unspecified atom stereocenters. The molecule has 24 heavy (non-hydrogen) atoms. The molecule has 0 spiro atoms. The van der Waals surface area contributed by atoms with E-state index < -0.39 is 11.5 Å². The normalized spacial score (nSPS) is 16.0. The number of hydrogen-bond donors (Lipinski definition) is 2. The van der Waals surface area contributed by atoms with Crippen LogP contribution in [0.25, 0.3) is 0 Å². The van der Waals surface area contributed by atoms with E-state index in [1.165, 1.54) is 12.8 Å². The van der Waals surface area contributed by atoms with Crippen molar-refractivity contribution in [3.63, 3.8) is 0 Å². The van der Waals surface area contributed by atoms with E-state index in [9.17, 15) is 9.59 Å². The Balaban J connectivity index is 1.81. The molecule has 0 radical (unpaired) electrons. The van der Waals surface area contributed by atoms with Crippen molar-refractivity contribution in [3.8, 4) is 0 Å². The summed E-state index contributed by atoms with van der Waals surface area (Å²) in [5, 5.41) is 14.1. The molecule has 134 valence electrons. The van der Waals surface area contributed by atoms with E-state index in [-0.39, 0.29) is 11.8 Å². The van der Waals surface area contributed by atoms with E-state index in [1.54, 1.807) is 6.92 Å². The van der Waals surface area contributed by atoms with Crippen LogP contribution >= 0.6 is 0 Å². The van der Waals surface area contributed by atoms with Crippen molar-refractivity contribution in [1.29, 1.82) is 0 Å². The summed E-state index contributed by atoms with van der Waals surface area (Å²) < 4.78 is 2.18. The Kier molecular flexibility index (Phi) is 5.96. The number of aryl methyl sites for hydroxylation is 1. The second-order valence-corrected chi connectivity index (χ2v) is 7.48. The number of hydrogen-bond acceptors (Lipinski definition) is 4. The largest absolute Gasteiger partial charge is 0.354 e. The van der Waals surface area contributed by atoms with Gasteiger partial charge in [-0.15, -0.1) is 10.2 Å². The van der Waals surface area contributed by atoms with Gasteiger partial charge in [-0.3, -0.25) is 9.59 Å². The van der Waals surface area contributed by atoms with Crippen LogP contribution < -0.4 is 10.6 Å². The predicted octanol–water partition coefficient (Wildman–Crippen LogP) is 1.21. The summed E-state index contributed by atoms with van der Waals surface area (Å²) in [4.78, 5) is 24.0. The second kappa shape index (κ2) is 7.77. The fourth-order valence-corrected chi connectivity index (χ4v) is 2.66. The molecule has 7 nitrogen and oxygen atoms in total. The summed E-state index contributed by atoms with van der Waals surface area (Å²) in [6.45, 7) is 8.62. The van der Waals surface area contributed by atoms with Crippen LogP contribution in [0.15, 0.2) is 0 Å². The number of rotatable bonds is 5. The molecule has 0 aliphatic carbocycles. The minimum Gasteiger partial charge on any atom is -0.354 e. The molecular formula is C17H29N5O2. The number of amides is 2. The van der Waals surface area contributed by atoms with Gasteiger partial charge >= 0.3 is 0 Å². The van der Waals surface area contributed by atoms with Gasteiger partial charge in [-0.1, -0.05) is 27.2 Å². The topological polar surface area (TPSA) is 88.9 Å². The Morgan fingerprint density at radius 2 is 1.96 bits per heavy atom. The standard InChI is InChI=1S/C17H29N5O2/c1-12(19-16(24)17(2,3)4)15(23)18-10-9-14-21-20-13-8-6-5-7-11-22(13)14/h12H,5-11H2,1-4H3,(H,18,23)(H,19,24). The highest BCUT2D eigenvalue weighted by atomic mass is 16.2. The van der Waals surface area contributed by atoms with Gasteiger partial charge in [0.1, 0.15) is 17.7 Å². The summed E-state index contributed by atoms with van der Waals surface area (Å²) in [5.41, 5.74) is -0.506. The lowest BCUT2D eigenvalue weighted by molar-refractivity contribution is -0.133. The Bertz CT molecular complexity index is 588. The monoisotopic (exact) mass is 335 g/mol. The molecule has 1 aliphatic rings. The van der Waals surface area contributed by atoms with Crippen LogP contribution in [0.5, 0.6) is 0 Å². The summed E-state index contributed by atoms with van der Waals surface area (Å²) >= 11 is 0. The third-order valence-corrected chi connectivity index (χ3v) is 4.26. The molecule has 2 amide bonds. The fraction of sp³-hybridized carbons (Fsp3) is 0.765. The molecule has 1 aromatic heterocycles. The molecule has 0 saturated carbocycles. The zero-order valence-electron chi connectivity index (χ0n) is 15.2.